The molecule has 0 aromatic heterocycles. The summed E-state index contributed by atoms with van der Waals surface area (Å²) in [6.45, 7) is 10.4. The zero-order chi connectivity index (χ0) is 18.6. The first-order valence-corrected chi connectivity index (χ1v) is 10.3. The van der Waals surface area contributed by atoms with Crippen LogP contribution >= 0.6 is 0 Å². The fourth-order valence-corrected chi connectivity index (χ4v) is 5.55. The van der Waals surface area contributed by atoms with Gasteiger partial charge in [-0.1, -0.05) is 0 Å². The molecule has 2 heterocycles. The third-order valence-electron chi connectivity index (χ3n) is 7.45. The molecule has 2 amide bonds. The number of hydrogen-bond acceptors (Lipinski definition) is 4. The van der Waals surface area contributed by atoms with Gasteiger partial charge in [0.25, 0.3) is 0 Å². The largest absolute Gasteiger partial charge is 0.450 e. The zero-order valence-corrected chi connectivity index (χ0v) is 16.6. The van der Waals surface area contributed by atoms with Crippen LogP contribution in [0.1, 0.15) is 40.0 Å². The maximum absolute atomic E-state index is 12.5. The van der Waals surface area contributed by atoms with E-state index in [2.05, 4.69) is 18.7 Å². The minimum atomic E-state index is -0.147. The third kappa shape index (κ3) is 2.90. The van der Waals surface area contributed by atoms with Crippen molar-refractivity contribution >= 4 is 12.0 Å². The monoisotopic (exact) mass is 363 g/mol. The highest BCUT2D eigenvalue weighted by Crippen LogP contribution is 2.57. The molecule has 146 valence electrons. The summed E-state index contributed by atoms with van der Waals surface area (Å²) < 4.78 is 5.15. The molecule has 0 radical (unpaired) electrons. The molecule has 26 heavy (non-hydrogen) atoms. The Kier molecular flexibility index (Phi) is 4.45. The average molecular weight is 364 g/mol. The molecular weight excluding hydrogens is 330 g/mol. The molecule has 4 rings (SSSR count). The summed E-state index contributed by atoms with van der Waals surface area (Å²) in [5.74, 6) is 1.79. The SMILES string of the molecule is CCOC(=O)N1CCC2(CC(N3C[C@@H]4[C@H](C3)[C@@H]4C(=O)N(C)C(C)C)C2)C1. The number of fused-ring (bicyclic) bond motifs is 1. The van der Waals surface area contributed by atoms with Gasteiger partial charge in [0.2, 0.25) is 5.91 Å². The number of ether oxygens (including phenoxy) is 1. The van der Waals surface area contributed by atoms with Gasteiger partial charge < -0.3 is 14.5 Å². The molecule has 4 aliphatic rings. The van der Waals surface area contributed by atoms with Crippen LogP contribution in [-0.4, -0.2) is 78.6 Å². The van der Waals surface area contributed by atoms with Crippen LogP contribution in [0.3, 0.4) is 0 Å². The summed E-state index contributed by atoms with van der Waals surface area (Å²) in [6.07, 6.45) is 3.37. The summed E-state index contributed by atoms with van der Waals surface area (Å²) in [7, 11) is 1.93. The molecule has 2 saturated heterocycles. The Hall–Kier alpha value is -1.30. The minimum absolute atomic E-state index is 0.147. The van der Waals surface area contributed by atoms with E-state index in [-0.39, 0.29) is 18.1 Å². The van der Waals surface area contributed by atoms with E-state index in [9.17, 15) is 9.59 Å². The van der Waals surface area contributed by atoms with E-state index >= 15 is 0 Å². The number of hydrogen-bond donors (Lipinski definition) is 0. The van der Waals surface area contributed by atoms with Crippen molar-refractivity contribution in [1.29, 1.82) is 0 Å². The number of carbonyl (C=O) groups excluding carboxylic acids is 2. The highest BCUT2D eigenvalue weighted by atomic mass is 16.6. The molecule has 0 unspecified atom stereocenters. The van der Waals surface area contributed by atoms with Crippen LogP contribution in [0.4, 0.5) is 4.79 Å². The molecule has 6 nitrogen and oxygen atoms in total. The molecule has 0 aromatic carbocycles. The van der Waals surface area contributed by atoms with Crippen molar-refractivity contribution in [2.24, 2.45) is 23.2 Å². The minimum Gasteiger partial charge on any atom is -0.450 e. The van der Waals surface area contributed by atoms with Gasteiger partial charge in [0.15, 0.2) is 0 Å². The number of amides is 2. The first-order valence-electron chi connectivity index (χ1n) is 10.3. The summed E-state index contributed by atoms with van der Waals surface area (Å²) in [5, 5.41) is 0. The molecule has 2 aliphatic heterocycles. The summed E-state index contributed by atoms with van der Waals surface area (Å²) in [6, 6.07) is 0.944. The van der Waals surface area contributed by atoms with Gasteiger partial charge in [-0.2, -0.15) is 0 Å². The number of piperidine rings is 1. The van der Waals surface area contributed by atoms with Crippen molar-refractivity contribution in [3.8, 4) is 0 Å². The summed E-state index contributed by atoms with van der Waals surface area (Å²) in [4.78, 5) is 30.9. The molecule has 3 atom stereocenters. The van der Waals surface area contributed by atoms with Crippen LogP contribution in [0.5, 0.6) is 0 Å². The van der Waals surface area contributed by atoms with Crippen LogP contribution in [0.25, 0.3) is 0 Å². The van der Waals surface area contributed by atoms with Gasteiger partial charge in [0.1, 0.15) is 0 Å². The Bertz CT molecular complexity index is 575. The predicted octanol–water partition coefficient (Wildman–Crippen LogP) is 2.04. The summed E-state index contributed by atoms with van der Waals surface area (Å²) >= 11 is 0. The van der Waals surface area contributed by atoms with Crippen LogP contribution in [0.15, 0.2) is 0 Å². The predicted molar refractivity (Wildman–Crippen MR) is 98.6 cm³/mol. The van der Waals surface area contributed by atoms with Crippen molar-refractivity contribution < 1.29 is 14.3 Å². The van der Waals surface area contributed by atoms with Crippen molar-refractivity contribution in [3.05, 3.63) is 0 Å². The van der Waals surface area contributed by atoms with Gasteiger partial charge >= 0.3 is 6.09 Å². The molecule has 1 spiro atoms. The van der Waals surface area contributed by atoms with Crippen LogP contribution in [-0.2, 0) is 9.53 Å². The van der Waals surface area contributed by atoms with Crippen LogP contribution in [0.2, 0.25) is 0 Å². The molecule has 6 heteroatoms. The normalized spacial score (nSPS) is 38.4. The lowest BCUT2D eigenvalue weighted by molar-refractivity contribution is -0.134. The number of nitrogens with zero attached hydrogens (tertiary/aromatic N) is 3. The van der Waals surface area contributed by atoms with Crippen LogP contribution in [0, 0.1) is 23.2 Å². The number of rotatable bonds is 4. The first-order chi connectivity index (χ1) is 12.3. The number of likely N-dealkylation sites (tertiary alicyclic amines) is 2. The van der Waals surface area contributed by atoms with Crippen molar-refractivity contribution in [1.82, 2.24) is 14.7 Å². The molecule has 0 bridgehead atoms. The highest BCUT2D eigenvalue weighted by Gasteiger charge is 2.62. The lowest BCUT2D eigenvalue weighted by Crippen LogP contribution is -2.52. The smallest absolute Gasteiger partial charge is 0.409 e. The molecule has 2 aliphatic carbocycles. The fraction of sp³-hybridized carbons (Fsp3) is 0.900. The van der Waals surface area contributed by atoms with Crippen molar-refractivity contribution in [2.75, 3.05) is 39.8 Å². The first kappa shape index (κ1) is 18.1. The van der Waals surface area contributed by atoms with E-state index in [0.717, 1.165) is 32.6 Å². The quantitative estimate of drug-likeness (QED) is 0.767. The summed E-state index contributed by atoms with van der Waals surface area (Å²) in [5.41, 5.74) is 0.331. The van der Waals surface area contributed by atoms with Gasteiger partial charge in [-0.3, -0.25) is 9.69 Å². The zero-order valence-electron chi connectivity index (χ0n) is 16.6. The van der Waals surface area contributed by atoms with Crippen molar-refractivity contribution in [3.63, 3.8) is 0 Å². The van der Waals surface area contributed by atoms with Gasteiger partial charge in [-0.15, -0.1) is 0 Å². The Morgan fingerprint density at radius 2 is 1.88 bits per heavy atom. The Balaban J connectivity index is 1.23. The van der Waals surface area contributed by atoms with E-state index in [1.807, 2.05) is 23.8 Å². The van der Waals surface area contributed by atoms with E-state index in [0.29, 0.717) is 35.8 Å². The van der Waals surface area contributed by atoms with E-state index < -0.39 is 0 Å². The van der Waals surface area contributed by atoms with Gasteiger partial charge in [-0.25, -0.2) is 4.79 Å². The average Bonchev–Trinajstić information content (AvgIpc) is 2.95. The molecule has 4 fully saturated rings. The Morgan fingerprint density at radius 3 is 2.46 bits per heavy atom. The van der Waals surface area contributed by atoms with Gasteiger partial charge in [0, 0.05) is 51.2 Å². The maximum atomic E-state index is 12.5. The van der Waals surface area contributed by atoms with Crippen LogP contribution < -0.4 is 0 Å². The lowest BCUT2D eigenvalue weighted by atomic mass is 9.64. The van der Waals surface area contributed by atoms with E-state index in [1.165, 1.54) is 12.8 Å². The molecule has 2 saturated carbocycles. The second-order valence-electron chi connectivity index (χ2n) is 9.28. The maximum Gasteiger partial charge on any atom is 0.409 e. The third-order valence-corrected chi connectivity index (χ3v) is 7.45. The second-order valence-corrected chi connectivity index (χ2v) is 9.28. The van der Waals surface area contributed by atoms with Crippen molar-refractivity contribution in [2.45, 2.75) is 52.1 Å². The van der Waals surface area contributed by atoms with Gasteiger partial charge in [0.05, 0.1) is 6.61 Å². The molecule has 0 N–H and O–H groups in total. The Labute approximate surface area is 156 Å². The second kappa shape index (κ2) is 6.39. The Morgan fingerprint density at radius 1 is 1.23 bits per heavy atom. The highest BCUT2D eigenvalue weighted by molar-refractivity contribution is 5.82. The molecule has 0 aromatic rings. The number of carbonyl (C=O) groups is 2. The van der Waals surface area contributed by atoms with E-state index in [4.69, 9.17) is 4.74 Å². The topological polar surface area (TPSA) is 53.1 Å². The lowest BCUT2D eigenvalue weighted by Gasteiger charge is -2.49. The van der Waals surface area contributed by atoms with E-state index in [1.54, 1.807) is 0 Å². The standard InChI is InChI=1S/C20H33N3O3/c1-5-26-19(25)22-7-6-20(12-22)8-14(9-20)23-10-15-16(11-23)17(15)18(24)21(4)13(2)3/h13-17H,5-12H2,1-4H3/t14?,15-,16+,17-,20?. The van der Waals surface area contributed by atoms with Gasteiger partial charge in [-0.05, 0) is 57.3 Å². The molecular formula is C20H33N3O3. The fourth-order valence-electron chi connectivity index (χ4n) is 5.55.